The summed E-state index contributed by atoms with van der Waals surface area (Å²) in [6, 6.07) is 23.0. The molecule has 0 unspecified atom stereocenters. The largest absolute Gasteiger partial charge is 0.350 e. The summed E-state index contributed by atoms with van der Waals surface area (Å²) in [5, 5.41) is 3.24. The summed E-state index contributed by atoms with van der Waals surface area (Å²) in [5.41, 5.74) is 6.29. The summed E-state index contributed by atoms with van der Waals surface area (Å²) in [4.78, 5) is 28.3. The van der Waals surface area contributed by atoms with Gasteiger partial charge in [-0.2, -0.15) is 0 Å². The van der Waals surface area contributed by atoms with E-state index in [1.807, 2.05) is 86.6 Å². The first-order valence-corrected chi connectivity index (χ1v) is 11.1. The quantitative estimate of drug-likeness (QED) is 0.470. The lowest BCUT2D eigenvalue weighted by atomic mass is 10.0. The number of carbonyl (C=O) groups excluding carboxylic acids is 2. The van der Waals surface area contributed by atoms with E-state index < -0.39 is 0 Å². The Morgan fingerprint density at radius 1 is 0.812 bits per heavy atom. The molecule has 4 nitrogen and oxygen atoms in total. The number of hydrogen-bond donors (Lipinski definition) is 1. The molecule has 32 heavy (non-hydrogen) atoms. The highest BCUT2D eigenvalue weighted by molar-refractivity contribution is 6.46. The number of nitrogens with one attached hydrogen (secondary N) is 1. The Kier molecular flexibility index (Phi) is 6.22. The first kappa shape index (κ1) is 21.6. The van der Waals surface area contributed by atoms with Gasteiger partial charge < -0.3 is 5.32 Å². The third-order valence-corrected chi connectivity index (χ3v) is 5.94. The monoisotopic (exact) mass is 424 g/mol. The second kappa shape index (κ2) is 9.23. The zero-order valence-electron chi connectivity index (χ0n) is 18.8. The molecule has 1 N–H and O–H groups in total. The average Bonchev–Trinajstić information content (AvgIpc) is 3.05. The van der Waals surface area contributed by atoms with Crippen molar-refractivity contribution in [3.63, 3.8) is 0 Å². The van der Waals surface area contributed by atoms with E-state index in [1.165, 1.54) is 16.0 Å². The van der Waals surface area contributed by atoms with Crippen LogP contribution in [0.4, 0.5) is 11.4 Å². The maximum Gasteiger partial charge on any atom is 0.282 e. The second-order valence-electron chi connectivity index (χ2n) is 8.26. The maximum absolute atomic E-state index is 13.5. The summed E-state index contributed by atoms with van der Waals surface area (Å²) in [6.45, 7) is 6.24. The molecule has 1 aliphatic rings. The number of amides is 2. The van der Waals surface area contributed by atoms with Crippen LogP contribution in [0, 0.1) is 13.8 Å². The van der Waals surface area contributed by atoms with Crippen molar-refractivity contribution in [2.75, 3.05) is 10.2 Å². The Morgan fingerprint density at radius 2 is 1.53 bits per heavy atom. The zero-order chi connectivity index (χ0) is 22.7. The molecule has 0 saturated carbocycles. The van der Waals surface area contributed by atoms with Crippen LogP contribution < -0.4 is 10.2 Å². The molecule has 4 rings (SSSR count). The predicted molar refractivity (Wildman–Crippen MR) is 130 cm³/mol. The molecule has 0 aliphatic carbocycles. The van der Waals surface area contributed by atoms with E-state index in [0.29, 0.717) is 17.0 Å². The smallest absolute Gasteiger partial charge is 0.282 e. The third-order valence-electron chi connectivity index (χ3n) is 5.94. The Balaban J connectivity index is 1.72. The number of hydrogen-bond acceptors (Lipinski definition) is 3. The molecule has 0 spiro atoms. The molecule has 0 saturated heterocycles. The van der Waals surface area contributed by atoms with Crippen LogP contribution in [0.3, 0.4) is 0 Å². The van der Waals surface area contributed by atoms with Crippen molar-refractivity contribution in [3.8, 4) is 0 Å². The van der Waals surface area contributed by atoms with Gasteiger partial charge in [-0.1, -0.05) is 61.9 Å². The zero-order valence-corrected chi connectivity index (χ0v) is 18.8. The van der Waals surface area contributed by atoms with Crippen molar-refractivity contribution in [2.24, 2.45) is 0 Å². The molecule has 3 aromatic rings. The van der Waals surface area contributed by atoms with Crippen molar-refractivity contribution < 1.29 is 9.59 Å². The van der Waals surface area contributed by atoms with E-state index in [-0.39, 0.29) is 11.8 Å². The van der Waals surface area contributed by atoms with Crippen molar-refractivity contribution in [1.29, 1.82) is 0 Å². The van der Waals surface area contributed by atoms with Crippen LogP contribution in [-0.2, 0) is 16.0 Å². The van der Waals surface area contributed by atoms with E-state index in [4.69, 9.17) is 0 Å². The van der Waals surface area contributed by atoms with Crippen molar-refractivity contribution in [1.82, 2.24) is 0 Å². The Morgan fingerprint density at radius 3 is 2.19 bits per heavy atom. The minimum absolute atomic E-state index is 0.305. The van der Waals surface area contributed by atoms with Gasteiger partial charge in [0.05, 0.1) is 11.3 Å². The molecule has 2 amide bonds. The van der Waals surface area contributed by atoms with Crippen LogP contribution >= 0.6 is 0 Å². The normalized spacial score (nSPS) is 13.8. The van der Waals surface area contributed by atoms with Gasteiger partial charge in [-0.15, -0.1) is 0 Å². The lowest BCUT2D eigenvalue weighted by Crippen LogP contribution is -2.32. The first-order chi connectivity index (χ1) is 15.5. The molecule has 162 valence electrons. The summed E-state index contributed by atoms with van der Waals surface area (Å²) >= 11 is 0. The third kappa shape index (κ3) is 4.22. The Labute approximate surface area is 189 Å². The molecule has 1 heterocycles. The molecular formula is C28H28N2O2. The van der Waals surface area contributed by atoms with E-state index >= 15 is 0 Å². The standard InChI is InChI=1S/C28H28N2O2/c1-4-5-9-21-13-16-24(17-14-21)30-27(31)25(22-10-7-6-8-11-22)26(28(30)32)29-23-15-12-19(2)20(3)18-23/h6-8,10-18,29H,4-5,9H2,1-3H3. The number of unbranched alkanes of at least 4 members (excludes halogenated alkanes) is 1. The summed E-state index contributed by atoms with van der Waals surface area (Å²) in [5.74, 6) is -0.651. The predicted octanol–water partition coefficient (Wildman–Crippen LogP) is 6.04. The lowest BCUT2D eigenvalue weighted by Gasteiger charge is -2.16. The molecule has 1 aliphatic heterocycles. The van der Waals surface area contributed by atoms with Crippen molar-refractivity contribution in [2.45, 2.75) is 40.0 Å². The highest BCUT2D eigenvalue weighted by atomic mass is 16.2. The fourth-order valence-corrected chi connectivity index (χ4v) is 3.91. The number of benzene rings is 3. The summed E-state index contributed by atoms with van der Waals surface area (Å²) in [6.07, 6.45) is 3.24. The highest BCUT2D eigenvalue weighted by Gasteiger charge is 2.40. The number of nitrogens with zero attached hydrogens (tertiary/aromatic N) is 1. The van der Waals surface area contributed by atoms with Crippen LogP contribution in [0.2, 0.25) is 0 Å². The second-order valence-corrected chi connectivity index (χ2v) is 8.26. The topological polar surface area (TPSA) is 49.4 Å². The van der Waals surface area contributed by atoms with E-state index in [9.17, 15) is 9.59 Å². The maximum atomic E-state index is 13.5. The number of imide groups is 1. The molecule has 4 heteroatoms. The van der Waals surface area contributed by atoms with Gasteiger partial charge in [0.25, 0.3) is 11.8 Å². The molecule has 0 bridgehead atoms. The minimum atomic E-state index is -0.339. The first-order valence-electron chi connectivity index (χ1n) is 11.1. The molecular weight excluding hydrogens is 396 g/mol. The van der Waals surface area contributed by atoms with Gasteiger partial charge in [0.2, 0.25) is 0 Å². The summed E-state index contributed by atoms with van der Waals surface area (Å²) < 4.78 is 0. The molecule has 0 radical (unpaired) electrons. The van der Waals surface area contributed by atoms with Crippen LogP contribution in [0.1, 0.15) is 42.0 Å². The summed E-state index contributed by atoms with van der Waals surface area (Å²) in [7, 11) is 0. The minimum Gasteiger partial charge on any atom is -0.350 e. The van der Waals surface area contributed by atoms with E-state index in [2.05, 4.69) is 12.2 Å². The van der Waals surface area contributed by atoms with Crippen LogP contribution in [0.25, 0.3) is 5.57 Å². The van der Waals surface area contributed by atoms with E-state index in [1.54, 1.807) is 0 Å². The van der Waals surface area contributed by atoms with Gasteiger partial charge in [-0.3, -0.25) is 9.59 Å². The Bertz CT molecular complexity index is 1180. The Hall–Kier alpha value is -3.66. The average molecular weight is 425 g/mol. The molecule has 3 aromatic carbocycles. The van der Waals surface area contributed by atoms with Crippen LogP contribution in [0.5, 0.6) is 0 Å². The van der Waals surface area contributed by atoms with Gasteiger partial charge in [0.1, 0.15) is 5.70 Å². The molecule has 0 fully saturated rings. The van der Waals surface area contributed by atoms with Crippen LogP contribution in [0.15, 0.2) is 78.5 Å². The van der Waals surface area contributed by atoms with Gasteiger partial charge >= 0.3 is 0 Å². The van der Waals surface area contributed by atoms with E-state index in [0.717, 1.165) is 36.1 Å². The van der Waals surface area contributed by atoms with Crippen molar-refractivity contribution >= 4 is 28.8 Å². The van der Waals surface area contributed by atoms with Crippen molar-refractivity contribution in [3.05, 3.63) is 101 Å². The van der Waals surface area contributed by atoms with Gasteiger partial charge in [-0.25, -0.2) is 4.90 Å². The number of carbonyl (C=O) groups is 2. The molecule has 0 aromatic heterocycles. The highest BCUT2D eigenvalue weighted by Crippen LogP contribution is 2.34. The lowest BCUT2D eigenvalue weighted by molar-refractivity contribution is -0.120. The van der Waals surface area contributed by atoms with Crippen LogP contribution in [-0.4, -0.2) is 11.8 Å². The SMILES string of the molecule is CCCCc1ccc(N2C(=O)C(Nc3ccc(C)c(C)c3)=C(c3ccccc3)C2=O)cc1. The van der Waals surface area contributed by atoms with Gasteiger partial charge in [0, 0.05) is 5.69 Å². The number of anilines is 2. The fourth-order valence-electron chi connectivity index (χ4n) is 3.91. The number of rotatable bonds is 7. The number of aryl methyl sites for hydroxylation is 3. The van der Waals surface area contributed by atoms with Gasteiger partial charge in [-0.05, 0) is 73.2 Å². The van der Waals surface area contributed by atoms with Gasteiger partial charge in [0.15, 0.2) is 0 Å². The molecule has 0 atom stereocenters. The fraction of sp³-hybridized carbons (Fsp3) is 0.214.